The smallest absolute Gasteiger partial charge is 0.144 e. The molecule has 2 saturated carbocycles. The van der Waals surface area contributed by atoms with Crippen LogP contribution in [0.4, 0.5) is 10.1 Å². The summed E-state index contributed by atoms with van der Waals surface area (Å²) >= 11 is 0. The fourth-order valence-electron chi connectivity index (χ4n) is 3.61. The number of hydrogen-bond acceptors (Lipinski definition) is 3. The molecule has 2 fully saturated rings. The maximum atomic E-state index is 13.2. The maximum Gasteiger partial charge on any atom is 0.144 e. The van der Waals surface area contributed by atoms with E-state index in [2.05, 4.69) is 12.2 Å². The molecule has 20 heavy (non-hydrogen) atoms. The van der Waals surface area contributed by atoms with Crippen molar-refractivity contribution in [3.8, 4) is 5.75 Å². The largest absolute Gasteiger partial charge is 0.494 e. The SMILES string of the molecule is CCOC1CC(Nc2ccc(F)cc2OC)C12CCC2. The van der Waals surface area contributed by atoms with Crippen LogP contribution in [0.2, 0.25) is 0 Å². The molecule has 2 atom stereocenters. The van der Waals surface area contributed by atoms with Gasteiger partial charge in [0, 0.05) is 24.1 Å². The molecule has 2 aliphatic carbocycles. The molecule has 1 N–H and O–H groups in total. The number of benzene rings is 1. The van der Waals surface area contributed by atoms with Crippen LogP contribution in [-0.4, -0.2) is 25.9 Å². The first-order valence-corrected chi connectivity index (χ1v) is 7.41. The van der Waals surface area contributed by atoms with E-state index in [0.29, 0.717) is 17.9 Å². The van der Waals surface area contributed by atoms with Gasteiger partial charge >= 0.3 is 0 Å². The minimum absolute atomic E-state index is 0.272. The van der Waals surface area contributed by atoms with Crippen molar-refractivity contribution in [2.24, 2.45) is 5.41 Å². The van der Waals surface area contributed by atoms with E-state index in [1.807, 2.05) is 0 Å². The second-order valence-corrected chi connectivity index (χ2v) is 5.81. The Morgan fingerprint density at radius 2 is 2.20 bits per heavy atom. The fourth-order valence-corrected chi connectivity index (χ4v) is 3.61. The summed E-state index contributed by atoms with van der Waals surface area (Å²) in [6.45, 7) is 2.83. The number of rotatable bonds is 5. The standard InChI is InChI=1S/C16H22FNO2/c1-3-20-15-10-14(16(15)7-4-8-16)18-12-6-5-11(17)9-13(12)19-2/h5-6,9,14-15,18H,3-4,7-8,10H2,1-2H3. The van der Waals surface area contributed by atoms with Gasteiger partial charge < -0.3 is 14.8 Å². The number of nitrogens with one attached hydrogen (secondary N) is 1. The average Bonchev–Trinajstić information content (AvgIpc) is 2.37. The van der Waals surface area contributed by atoms with E-state index >= 15 is 0 Å². The van der Waals surface area contributed by atoms with Crippen LogP contribution in [0.25, 0.3) is 0 Å². The van der Waals surface area contributed by atoms with E-state index in [1.165, 1.54) is 31.4 Å². The molecule has 1 aromatic carbocycles. The highest BCUT2D eigenvalue weighted by Crippen LogP contribution is 2.58. The van der Waals surface area contributed by atoms with Crippen molar-refractivity contribution >= 4 is 5.69 Å². The van der Waals surface area contributed by atoms with Gasteiger partial charge in [0.05, 0.1) is 18.9 Å². The van der Waals surface area contributed by atoms with Gasteiger partial charge in [-0.25, -0.2) is 4.39 Å². The van der Waals surface area contributed by atoms with Crippen LogP contribution in [0.15, 0.2) is 18.2 Å². The van der Waals surface area contributed by atoms with E-state index in [9.17, 15) is 4.39 Å². The summed E-state index contributed by atoms with van der Waals surface area (Å²) in [5, 5.41) is 3.53. The van der Waals surface area contributed by atoms with Gasteiger partial charge in [-0.05, 0) is 38.3 Å². The first-order valence-electron chi connectivity index (χ1n) is 7.41. The van der Waals surface area contributed by atoms with Gasteiger partial charge in [-0.1, -0.05) is 6.42 Å². The van der Waals surface area contributed by atoms with Gasteiger partial charge in [0.2, 0.25) is 0 Å². The van der Waals surface area contributed by atoms with Crippen molar-refractivity contribution in [1.29, 1.82) is 0 Å². The molecule has 0 heterocycles. The number of anilines is 1. The molecule has 0 bridgehead atoms. The molecule has 110 valence electrons. The van der Waals surface area contributed by atoms with Gasteiger partial charge in [0.15, 0.2) is 0 Å². The zero-order chi connectivity index (χ0) is 14.2. The van der Waals surface area contributed by atoms with Crippen LogP contribution in [0.3, 0.4) is 0 Å². The molecule has 0 aromatic heterocycles. The van der Waals surface area contributed by atoms with Gasteiger partial charge in [0.1, 0.15) is 11.6 Å². The zero-order valence-corrected chi connectivity index (χ0v) is 12.1. The molecule has 3 rings (SSSR count). The van der Waals surface area contributed by atoms with E-state index in [1.54, 1.807) is 13.2 Å². The average molecular weight is 279 g/mol. The van der Waals surface area contributed by atoms with E-state index < -0.39 is 0 Å². The third-order valence-electron chi connectivity index (χ3n) is 4.93. The Balaban J connectivity index is 1.73. The Labute approximate surface area is 119 Å². The van der Waals surface area contributed by atoms with Crippen LogP contribution in [0.5, 0.6) is 5.75 Å². The molecule has 1 spiro atoms. The Bertz CT molecular complexity index is 487. The van der Waals surface area contributed by atoms with Crippen LogP contribution >= 0.6 is 0 Å². The monoisotopic (exact) mass is 279 g/mol. The second-order valence-electron chi connectivity index (χ2n) is 5.81. The third-order valence-corrected chi connectivity index (χ3v) is 4.93. The van der Waals surface area contributed by atoms with Crippen LogP contribution < -0.4 is 10.1 Å². The summed E-state index contributed by atoms with van der Waals surface area (Å²) < 4.78 is 24.3. The fraction of sp³-hybridized carbons (Fsp3) is 0.625. The summed E-state index contributed by atoms with van der Waals surface area (Å²) in [4.78, 5) is 0. The summed E-state index contributed by atoms with van der Waals surface area (Å²) in [6, 6.07) is 5.06. The number of hydrogen-bond donors (Lipinski definition) is 1. The lowest BCUT2D eigenvalue weighted by Gasteiger charge is -2.61. The van der Waals surface area contributed by atoms with Gasteiger partial charge in [-0.15, -0.1) is 0 Å². The molecule has 0 aliphatic heterocycles. The zero-order valence-electron chi connectivity index (χ0n) is 12.1. The van der Waals surface area contributed by atoms with Crippen LogP contribution in [0, 0.1) is 11.2 Å². The normalized spacial score (nSPS) is 26.8. The first kappa shape index (κ1) is 13.7. The van der Waals surface area contributed by atoms with E-state index in [0.717, 1.165) is 18.7 Å². The van der Waals surface area contributed by atoms with Crippen molar-refractivity contribution in [2.45, 2.75) is 44.8 Å². The lowest BCUT2D eigenvalue weighted by atomic mass is 9.51. The molecule has 2 unspecified atom stereocenters. The summed E-state index contributed by atoms with van der Waals surface area (Å²) in [5.41, 5.74) is 1.16. The number of methoxy groups -OCH3 is 1. The topological polar surface area (TPSA) is 30.5 Å². The van der Waals surface area contributed by atoms with Crippen molar-refractivity contribution in [3.63, 3.8) is 0 Å². The summed E-state index contributed by atoms with van der Waals surface area (Å²) in [7, 11) is 1.57. The quantitative estimate of drug-likeness (QED) is 0.893. The lowest BCUT2D eigenvalue weighted by molar-refractivity contribution is -0.157. The van der Waals surface area contributed by atoms with Crippen molar-refractivity contribution in [2.75, 3.05) is 19.0 Å². The molecule has 0 saturated heterocycles. The van der Waals surface area contributed by atoms with Gasteiger partial charge in [-0.2, -0.15) is 0 Å². The minimum atomic E-state index is -0.272. The molecule has 4 heteroatoms. The first-order chi connectivity index (χ1) is 9.69. The molecule has 0 amide bonds. The minimum Gasteiger partial charge on any atom is -0.494 e. The summed E-state index contributed by atoms with van der Waals surface area (Å²) in [6.07, 6.45) is 5.12. The molecule has 0 radical (unpaired) electrons. The highest BCUT2D eigenvalue weighted by molar-refractivity contribution is 5.58. The second kappa shape index (κ2) is 5.24. The van der Waals surface area contributed by atoms with Crippen LogP contribution in [0.1, 0.15) is 32.6 Å². The summed E-state index contributed by atoms with van der Waals surface area (Å²) in [5.74, 6) is 0.297. The lowest BCUT2D eigenvalue weighted by Crippen LogP contribution is -2.64. The Kier molecular flexibility index (Phi) is 3.59. The predicted octanol–water partition coefficient (Wildman–Crippen LogP) is 3.59. The van der Waals surface area contributed by atoms with E-state index in [4.69, 9.17) is 9.47 Å². The Morgan fingerprint density at radius 1 is 1.40 bits per heavy atom. The van der Waals surface area contributed by atoms with E-state index in [-0.39, 0.29) is 11.2 Å². The van der Waals surface area contributed by atoms with Gasteiger partial charge in [-0.3, -0.25) is 0 Å². The number of ether oxygens (including phenoxy) is 2. The Hall–Kier alpha value is -1.29. The van der Waals surface area contributed by atoms with Crippen molar-refractivity contribution < 1.29 is 13.9 Å². The molecule has 1 aromatic rings. The number of halogens is 1. The highest BCUT2D eigenvalue weighted by atomic mass is 19.1. The molecule has 3 nitrogen and oxygen atoms in total. The molecular weight excluding hydrogens is 257 g/mol. The highest BCUT2D eigenvalue weighted by Gasteiger charge is 2.59. The Morgan fingerprint density at radius 3 is 2.80 bits per heavy atom. The van der Waals surface area contributed by atoms with Gasteiger partial charge in [0.25, 0.3) is 0 Å². The molecular formula is C16H22FNO2. The maximum absolute atomic E-state index is 13.2. The third kappa shape index (κ3) is 2.06. The van der Waals surface area contributed by atoms with Crippen molar-refractivity contribution in [1.82, 2.24) is 0 Å². The predicted molar refractivity (Wildman–Crippen MR) is 76.7 cm³/mol. The van der Waals surface area contributed by atoms with Crippen LogP contribution in [-0.2, 0) is 4.74 Å². The van der Waals surface area contributed by atoms with Crippen molar-refractivity contribution in [3.05, 3.63) is 24.0 Å². The molecule has 2 aliphatic rings.